The molecule has 0 radical (unpaired) electrons. The monoisotopic (exact) mass is 483 g/mol. The molecule has 13 heteroatoms. The van der Waals surface area contributed by atoms with Gasteiger partial charge in [-0.05, 0) is 31.7 Å². The van der Waals surface area contributed by atoms with E-state index in [9.17, 15) is 29.4 Å². The van der Waals surface area contributed by atoms with Gasteiger partial charge in [0, 0.05) is 18.3 Å². The second kappa shape index (κ2) is 15.0. The second-order valence-corrected chi connectivity index (χ2v) is 8.51. The molecule has 10 N–H and O–H groups in total. The predicted octanol–water partition coefficient (Wildman–Crippen LogP) is -2.01. The lowest BCUT2D eigenvalue weighted by atomic mass is 10.0. The van der Waals surface area contributed by atoms with Gasteiger partial charge in [-0.1, -0.05) is 20.3 Å². The summed E-state index contributed by atoms with van der Waals surface area (Å²) in [6.45, 7) is 3.43. The van der Waals surface area contributed by atoms with Crippen LogP contribution in [0.1, 0.15) is 45.2 Å². The van der Waals surface area contributed by atoms with Crippen molar-refractivity contribution in [2.75, 3.05) is 13.2 Å². The number of carboxylic acids is 1. The van der Waals surface area contributed by atoms with Crippen molar-refractivity contribution in [1.82, 2.24) is 25.9 Å². The smallest absolute Gasteiger partial charge is 0.326 e. The molecular weight excluding hydrogens is 446 g/mol. The maximum absolute atomic E-state index is 12.8. The van der Waals surface area contributed by atoms with Crippen molar-refractivity contribution in [1.29, 1.82) is 0 Å². The first-order valence-electron chi connectivity index (χ1n) is 11.3. The van der Waals surface area contributed by atoms with Crippen LogP contribution in [0.15, 0.2) is 12.5 Å². The molecule has 0 fully saturated rings. The Bertz CT molecular complexity index is 787. The van der Waals surface area contributed by atoms with Crippen LogP contribution in [0.5, 0.6) is 0 Å². The lowest BCUT2D eigenvalue weighted by Gasteiger charge is -2.25. The number of carboxylic acid groups (broad SMARTS) is 1. The highest BCUT2D eigenvalue weighted by atomic mass is 16.4. The molecule has 0 aromatic carbocycles. The van der Waals surface area contributed by atoms with E-state index in [0.29, 0.717) is 25.1 Å². The van der Waals surface area contributed by atoms with Gasteiger partial charge in [0.05, 0.1) is 19.0 Å². The summed E-state index contributed by atoms with van der Waals surface area (Å²) in [6, 6.07) is -4.53. The Kier molecular flexibility index (Phi) is 12.8. The normalized spacial score (nSPS) is 14.6. The fourth-order valence-electron chi connectivity index (χ4n) is 3.18. The van der Waals surface area contributed by atoms with Gasteiger partial charge in [0.15, 0.2) is 0 Å². The summed E-state index contributed by atoms with van der Waals surface area (Å²) < 4.78 is 0. The Morgan fingerprint density at radius 1 is 1.03 bits per heavy atom. The molecule has 0 saturated heterocycles. The van der Waals surface area contributed by atoms with Crippen LogP contribution in [0.3, 0.4) is 0 Å². The molecule has 0 bridgehead atoms. The Morgan fingerprint density at radius 3 is 2.18 bits per heavy atom. The van der Waals surface area contributed by atoms with Gasteiger partial charge in [-0.25, -0.2) is 9.78 Å². The molecule has 1 aromatic rings. The van der Waals surface area contributed by atoms with Gasteiger partial charge in [-0.15, -0.1) is 0 Å². The predicted molar refractivity (Wildman–Crippen MR) is 123 cm³/mol. The number of imidazole rings is 1. The van der Waals surface area contributed by atoms with Crippen LogP contribution in [0, 0.1) is 5.92 Å². The summed E-state index contributed by atoms with van der Waals surface area (Å²) in [5.41, 5.74) is 11.8. The van der Waals surface area contributed by atoms with Crippen molar-refractivity contribution >= 4 is 23.7 Å². The molecule has 0 aliphatic heterocycles. The van der Waals surface area contributed by atoms with Crippen LogP contribution in [0.2, 0.25) is 0 Å². The van der Waals surface area contributed by atoms with Gasteiger partial charge in [0.2, 0.25) is 17.7 Å². The maximum Gasteiger partial charge on any atom is 0.326 e. The number of aliphatic carboxylic acids is 1. The molecule has 1 aromatic heterocycles. The fraction of sp³-hybridized carbons (Fsp3) is 0.667. The number of nitrogens with zero attached hydrogens (tertiary/aromatic N) is 1. The number of rotatable bonds is 16. The summed E-state index contributed by atoms with van der Waals surface area (Å²) in [6.07, 6.45) is 4.80. The van der Waals surface area contributed by atoms with Gasteiger partial charge >= 0.3 is 5.97 Å². The number of nitrogens with two attached hydrogens (primary N) is 2. The van der Waals surface area contributed by atoms with Crippen molar-refractivity contribution < 1.29 is 29.4 Å². The number of hydrogen-bond acceptors (Lipinski definition) is 8. The lowest BCUT2D eigenvalue weighted by molar-refractivity contribution is -0.142. The minimum atomic E-state index is -1.42. The number of aromatic amines is 1. The zero-order chi connectivity index (χ0) is 25.7. The molecule has 0 aliphatic rings. The largest absolute Gasteiger partial charge is 0.480 e. The highest BCUT2D eigenvalue weighted by Gasteiger charge is 2.30. The molecular formula is C21H37N7O6. The minimum absolute atomic E-state index is 0.0247. The number of H-pyrrole nitrogens is 1. The molecule has 1 heterocycles. The molecule has 0 spiro atoms. The van der Waals surface area contributed by atoms with E-state index in [2.05, 4.69) is 25.9 Å². The summed E-state index contributed by atoms with van der Waals surface area (Å²) in [5.74, 6) is -3.34. The molecule has 13 nitrogen and oxygen atoms in total. The van der Waals surface area contributed by atoms with Crippen LogP contribution < -0.4 is 27.4 Å². The van der Waals surface area contributed by atoms with E-state index in [1.165, 1.54) is 12.5 Å². The number of amides is 3. The van der Waals surface area contributed by atoms with Gasteiger partial charge in [-0.2, -0.15) is 0 Å². The molecule has 3 amide bonds. The highest BCUT2D eigenvalue weighted by molar-refractivity contribution is 5.94. The molecule has 0 saturated carbocycles. The van der Waals surface area contributed by atoms with E-state index in [1.54, 1.807) is 0 Å². The Balaban J connectivity index is 2.79. The summed E-state index contributed by atoms with van der Waals surface area (Å²) in [7, 11) is 0. The van der Waals surface area contributed by atoms with Crippen molar-refractivity contribution in [3.63, 3.8) is 0 Å². The zero-order valence-corrected chi connectivity index (χ0v) is 19.6. The van der Waals surface area contributed by atoms with Crippen molar-refractivity contribution in [3.05, 3.63) is 18.2 Å². The average Bonchev–Trinajstić information content (AvgIpc) is 3.29. The summed E-state index contributed by atoms with van der Waals surface area (Å²) in [5, 5.41) is 26.4. The molecule has 4 unspecified atom stereocenters. The van der Waals surface area contributed by atoms with Crippen LogP contribution in [0.25, 0.3) is 0 Å². The lowest BCUT2D eigenvalue weighted by Crippen LogP contribution is -2.58. The molecule has 192 valence electrons. The van der Waals surface area contributed by atoms with E-state index in [1.807, 2.05) is 13.8 Å². The molecule has 34 heavy (non-hydrogen) atoms. The van der Waals surface area contributed by atoms with Crippen molar-refractivity contribution in [2.24, 2.45) is 17.4 Å². The molecule has 1 rings (SSSR count). The number of carbonyl (C=O) groups is 4. The van der Waals surface area contributed by atoms with Gasteiger partial charge in [0.1, 0.15) is 18.1 Å². The van der Waals surface area contributed by atoms with Crippen LogP contribution in [0.4, 0.5) is 0 Å². The van der Waals surface area contributed by atoms with Crippen LogP contribution in [-0.4, -0.2) is 81.2 Å². The summed E-state index contributed by atoms with van der Waals surface area (Å²) in [4.78, 5) is 56.0. The van der Waals surface area contributed by atoms with E-state index >= 15 is 0 Å². The third-order valence-corrected chi connectivity index (χ3v) is 5.06. The topological polar surface area (TPSA) is 226 Å². The van der Waals surface area contributed by atoms with Crippen molar-refractivity contribution in [2.45, 2.75) is 70.1 Å². The number of unbranched alkanes of at least 4 members (excludes halogenated alkanes) is 1. The van der Waals surface area contributed by atoms with Gasteiger partial charge in [0.25, 0.3) is 0 Å². The number of nitrogens with one attached hydrogen (secondary N) is 4. The third-order valence-electron chi connectivity index (χ3n) is 5.06. The van der Waals surface area contributed by atoms with Gasteiger partial charge < -0.3 is 42.6 Å². The Hall–Kier alpha value is -3.03. The first kappa shape index (κ1) is 29.0. The van der Waals surface area contributed by atoms with E-state index < -0.39 is 54.5 Å². The maximum atomic E-state index is 12.8. The first-order chi connectivity index (χ1) is 16.1. The number of aliphatic hydroxyl groups is 1. The quantitative estimate of drug-likeness (QED) is 0.121. The third kappa shape index (κ3) is 10.3. The van der Waals surface area contributed by atoms with E-state index in [-0.39, 0.29) is 18.8 Å². The number of aromatic nitrogens is 2. The first-order valence-corrected chi connectivity index (χ1v) is 11.3. The molecule has 0 aliphatic carbocycles. The number of carbonyl (C=O) groups excluding carboxylic acids is 3. The van der Waals surface area contributed by atoms with Crippen molar-refractivity contribution in [3.8, 4) is 0 Å². The van der Waals surface area contributed by atoms with Gasteiger partial charge in [-0.3, -0.25) is 14.4 Å². The summed E-state index contributed by atoms with van der Waals surface area (Å²) >= 11 is 0. The zero-order valence-electron chi connectivity index (χ0n) is 19.6. The van der Waals surface area contributed by atoms with E-state index in [4.69, 9.17) is 11.5 Å². The number of hydrogen-bond donors (Lipinski definition) is 8. The number of aliphatic hydroxyl groups excluding tert-OH is 1. The Morgan fingerprint density at radius 2 is 1.65 bits per heavy atom. The average molecular weight is 484 g/mol. The standard InChI is InChI=1S/C21H37N7O6/c1-12(2)7-15(26-18(30)14(23)5-3-4-6-22)19(31)28-17(10-29)20(32)27-16(21(33)34)8-13-9-24-11-25-13/h9,11-12,14-17,29H,3-8,10,22-23H2,1-2H3,(H,24,25)(H,26,30)(H,27,32)(H,28,31)(H,33,34). The second-order valence-electron chi connectivity index (χ2n) is 8.51. The highest BCUT2D eigenvalue weighted by Crippen LogP contribution is 2.07. The molecule has 4 atom stereocenters. The fourth-order valence-corrected chi connectivity index (χ4v) is 3.18. The SMILES string of the molecule is CC(C)CC(NC(=O)C(N)CCCCN)C(=O)NC(CO)C(=O)NC(Cc1cnc[nH]1)C(=O)O. The Labute approximate surface area is 198 Å². The van der Waals surface area contributed by atoms with Crippen LogP contribution in [-0.2, 0) is 25.6 Å². The van der Waals surface area contributed by atoms with E-state index in [0.717, 1.165) is 6.42 Å². The van der Waals surface area contributed by atoms with Crippen LogP contribution >= 0.6 is 0 Å². The minimum Gasteiger partial charge on any atom is -0.480 e.